The van der Waals surface area contributed by atoms with E-state index < -0.39 is 11.8 Å². The Balaban J connectivity index is 1.23. The van der Waals surface area contributed by atoms with Crippen LogP contribution >= 0.6 is 0 Å². The van der Waals surface area contributed by atoms with E-state index in [1.54, 1.807) is 37.6 Å². The number of aromatic nitrogens is 1. The molecule has 1 aliphatic rings. The van der Waals surface area contributed by atoms with Crippen molar-refractivity contribution < 1.29 is 28.1 Å². The fraction of sp³-hybridized carbons (Fsp3) is 0.312. The van der Waals surface area contributed by atoms with Gasteiger partial charge < -0.3 is 29.6 Å². The Morgan fingerprint density at radius 3 is 2.45 bits per heavy atom. The van der Waals surface area contributed by atoms with Crippen LogP contribution < -0.4 is 24.8 Å². The minimum atomic E-state index is -0.628. The SMILES string of the molecule is CCc1ccc(NC(=O)Nc2ccc(Oc3ccnc4cc(OCCCN5CCOCC5)c(OC)cc34)c(F)c2)cc1. The molecule has 0 unspecified atom stereocenters. The number of carbonyl (C=O) groups is 1. The van der Waals surface area contributed by atoms with Gasteiger partial charge >= 0.3 is 6.03 Å². The van der Waals surface area contributed by atoms with Crippen molar-refractivity contribution in [1.29, 1.82) is 0 Å². The van der Waals surface area contributed by atoms with Crippen LogP contribution in [0.4, 0.5) is 20.6 Å². The molecule has 3 aromatic carbocycles. The highest BCUT2D eigenvalue weighted by molar-refractivity contribution is 5.99. The molecule has 220 valence electrons. The summed E-state index contributed by atoms with van der Waals surface area (Å²) in [5.41, 5.74) is 2.73. The van der Waals surface area contributed by atoms with E-state index in [4.69, 9.17) is 18.9 Å². The molecule has 2 N–H and O–H groups in total. The van der Waals surface area contributed by atoms with Crippen molar-refractivity contribution in [3.05, 3.63) is 78.2 Å². The Morgan fingerprint density at radius 2 is 1.71 bits per heavy atom. The molecule has 5 rings (SSSR count). The number of hydrogen-bond donors (Lipinski definition) is 2. The molecule has 1 fully saturated rings. The molecule has 0 atom stereocenters. The summed E-state index contributed by atoms with van der Waals surface area (Å²) in [7, 11) is 1.57. The largest absolute Gasteiger partial charge is 0.493 e. The summed E-state index contributed by atoms with van der Waals surface area (Å²) < 4.78 is 38.0. The third-order valence-electron chi connectivity index (χ3n) is 7.00. The maximum Gasteiger partial charge on any atom is 0.323 e. The van der Waals surface area contributed by atoms with Gasteiger partial charge in [0.05, 0.1) is 32.4 Å². The van der Waals surface area contributed by atoms with E-state index in [0.29, 0.717) is 46.1 Å². The lowest BCUT2D eigenvalue weighted by Gasteiger charge is -2.26. The molecule has 42 heavy (non-hydrogen) atoms. The second-order valence-electron chi connectivity index (χ2n) is 9.86. The number of halogens is 1. The number of fused-ring (bicyclic) bond motifs is 1. The molecule has 1 saturated heterocycles. The fourth-order valence-electron chi connectivity index (χ4n) is 4.68. The number of nitrogens with zero attached hydrogens (tertiary/aromatic N) is 2. The molecule has 1 aliphatic heterocycles. The fourth-order valence-corrected chi connectivity index (χ4v) is 4.68. The molecular formula is C32H35FN4O5. The highest BCUT2D eigenvalue weighted by atomic mass is 19.1. The Hall–Kier alpha value is -4.41. The van der Waals surface area contributed by atoms with Gasteiger partial charge in [-0.1, -0.05) is 19.1 Å². The normalized spacial score (nSPS) is 13.5. The highest BCUT2D eigenvalue weighted by Crippen LogP contribution is 2.38. The first-order valence-corrected chi connectivity index (χ1v) is 14.1. The molecule has 0 bridgehead atoms. The molecule has 2 amide bonds. The minimum absolute atomic E-state index is 0.00557. The molecular weight excluding hydrogens is 539 g/mol. The van der Waals surface area contributed by atoms with Crippen molar-refractivity contribution in [2.75, 3.05) is 57.2 Å². The van der Waals surface area contributed by atoms with Gasteiger partial charge in [-0.05, 0) is 54.8 Å². The number of methoxy groups -OCH3 is 1. The number of carbonyl (C=O) groups excluding carboxylic acids is 1. The first-order chi connectivity index (χ1) is 20.5. The summed E-state index contributed by atoms with van der Waals surface area (Å²) in [5.74, 6) is 0.896. The zero-order chi connectivity index (χ0) is 29.3. The average Bonchev–Trinajstić information content (AvgIpc) is 3.01. The van der Waals surface area contributed by atoms with E-state index in [9.17, 15) is 4.79 Å². The number of urea groups is 1. The number of ether oxygens (including phenoxy) is 4. The van der Waals surface area contributed by atoms with Crippen LogP contribution in [0.1, 0.15) is 18.9 Å². The Kier molecular flexibility index (Phi) is 9.68. The number of aryl methyl sites for hydroxylation is 1. The molecule has 9 nitrogen and oxygen atoms in total. The number of nitrogens with one attached hydrogen (secondary N) is 2. The topological polar surface area (TPSA) is 94.2 Å². The van der Waals surface area contributed by atoms with Crippen molar-refractivity contribution in [3.63, 3.8) is 0 Å². The van der Waals surface area contributed by atoms with Gasteiger partial charge in [0, 0.05) is 54.7 Å². The third kappa shape index (κ3) is 7.45. The number of benzene rings is 3. The average molecular weight is 575 g/mol. The number of rotatable bonds is 11. The van der Waals surface area contributed by atoms with Crippen LogP contribution in [0.25, 0.3) is 10.9 Å². The van der Waals surface area contributed by atoms with Gasteiger partial charge in [0.1, 0.15) is 5.75 Å². The van der Waals surface area contributed by atoms with Gasteiger partial charge in [-0.3, -0.25) is 9.88 Å². The van der Waals surface area contributed by atoms with Crippen LogP contribution in [0, 0.1) is 5.82 Å². The van der Waals surface area contributed by atoms with Crippen LogP contribution in [-0.4, -0.2) is 62.5 Å². The van der Waals surface area contributed by atoms with Gasteiger partial charge in [-0.25, -0.2) is 9.18 Å². The summed E-state index contributed by atoms with van der Waals surface area (Å²) >= 11 is 0. The van der Waals surface area contributed by atoms with Crippen LogP contribution in [0.2, 0.25) is 0 Å². The Labute approximate surface area is 244 Å². The Bertz CT molecular complexity index is 1510. The van der Waals surface area contributed by atoms with E-state index in [2.05, 4.69) is 27.4 Å². The number of anilines is 2. The maximum atomic E-state index is 15.0. The summed E-state index contributed by atoms with van der Waals surface area (Å²) in [6.45, 7) is 6.95. The summed E-state index contributed by atoms with van der Waals surface area (Å²) in [5, 5.41) is 6.03. The van der Waals surface area contributed by atoms with Crippen molar-refractivity contribution in [2.45, 2.75) is 19.8 Å². The van der Waals surface area contributed by atoms with E-state index in [1.165, 1.54) is 17.7 Å². The van der Waals surface area contributed by atoms with Crippen LogP contribution in [-0.2, 0) is 11.2 Å². The van der Waals surface area contributed by atoms with Crippen LogP contribution in [0.15, 0.2) is 66.9 Å². The van der Waals surface area contributed by atoms with Crippen molar-refractivity contribution in [3.8, 4) is 23.0 Å². The summed E-state index contributed by atoms with van der Waals surface area (Å²) in [4.78, 5) is 19.2. The minimum Gasteiger partial charge on any atom is -0.493 e. The monoisotopic (exact) mass is 574 g/mol. The smallest absolute Gasteiger partial charge is 0.323 e. The number of hydrogen-bond acceptors (Lipinski definition) is 7. The third-order valence-corrected chi connectivity index (χ3v) is 7.00. The van der Waals surface area contributed by atoms with E-state index in [1.807, 2.05) is 24.3 Å². The predicted octanol–water partition coefficient (Wildman–Crippen LogP) is 6.48. The second kappa shape index (κ2) is 14.0. The maximum absolute atomic E-state index is 15.0. The number of pyridine rings is 1. The number of morpholine rings is 1. The number of amides is 2. The molecule has 0 radical (unpaired) electrons. The zero-order valence-corrected chi connectivity index (χ0v) is 23.8. The van der Waals surface area contributed by atoms with Gasteiger partial charge in [0.25, 0.3) is 0 Å². The lowest BCUT2D eigenvalue weighted by molar-refractivity contribution is 0.0357. The van der Waals surface area contributed by atoms with Crippen molar-refractivity contribution in [1.82, 2.24) is 9.88 Å². The Morgan fingerprint density at radius 1 is 0.952 bits per heavy atom. The van der Waals surface area contributed by atoms with Gasteiger partial charge in [-0.2, -0.15) is 0 Å². The van der Waals surface area contributed by atoms with Gasteiger partial charge in [0.2, 0.25) is 0 Å². The summed E-state index contributed by atoms with van der Waals surface area (Å²) in [6.07, 6.45) is 3.38. The first-order valence-electron chi connectivity index (χ1n) is 14.1. The summed E-state index contributed by atoms with van der Waals surface area (Å²) in [6, 6.07) is 16.6. The van der Waals surface area contributed by atoms with Crippen LogP contribution in [0.5, 0.6) is 23.0 Å². The highest BCUT2D eigenvalue weighted by Gasteiger charge is 2.15. The second-order valence-corrected chi connectivity index (χ2v) is 9.86. The molecule has 4 aromatic rings. The lowest BCUT2D eigenvalue weighted by Crippen LogP contribution is -2.37. The predicted molar refractivity (Wildman–Crippen MR) is 161 cm³/mol. The van der Waals surface area contributed by atoms with Crippen molar-refractivity contribution >= 4 is 28.3 Å². The molecule has 0 aliphatic carbocycles. The zero-order valence-electron chi connectivity index (χ0n) is 23.8. The van der Waals surface area contributed by atoms with Gasteiger partial charge in [0.15, 0.2) is 23.1 Å². The van der Waals surface area contributed by atoms with E-state index in [-0.39, 0.29) is 5.75 Å². The van der Waals surface area contributed by atoms with Crippen LogP contribution in [0.3, 0.4) is 0 Å². The lowest BCUT2D eigenvalue weighted by atomic mass is 10.1. The molecule has 10 heteroatoms. The quantitative estimate of drug-likeness (QED) is 0.198. The van der Waals surface area contributed by atoms with E-state index >= 15 is 4.39 Å². The van der Waals surface area contributed by atoms with Gasteiger partial charge in [-0.15, -0.1) is 0 Å². The molecule has 2 heterocycles. The van der Waals surface area contributed by atoms with E-state index in [0.717, 1.165) is 45.7 Å². The first kappa shape index (κ1) is 29.1. The molecule has 0 spiro atoms. The van der Waals surface area contributed by atoms with Crippen molar-refractivity contribution in [2.24, 2.45) is 0 Å². The molecule has 1 aromatic heterocycles. The molecule has 0 saturated carbocycles. The standard InChI is InChI=1S/C32H35FN4O5/c1-3-22-5-7-23(8-6-22)35-32(38)36-24-9-10-29(26(33)19-24)42-28-11-12-34-27-21-31(30(39-2)20-25(27)28)41-16-4-13-37-14-17-40-18-15-37/h5-12,19-21H,3-4,13-18H2,1-2H3,(H2,35,36,38).